The van der Waals surface area contributed by atoms with E-state index in [-0.39, 0.29) is 23.6 Å². The molecule has 9 heteroatoms. The van der Waals surface area contributed by atoms with Gasteiger partial charge in [-0.2, -0.15) is 4.98 Å². The zero-order chi connectivity index (χ0) is 20.6. The molecule has 1 aliphatic heterocycles. The van der Waals surface area contributed by atoms with Crippen LogP contribution in [0.5, 0.6) is 5.75 Å². The molecule has 0 unspecified atom stereocenters. The van der Waals surface area contributed by atoms with Crippen LogP contribution in [-0.4, -0.2) is 40.6 Å². The standard InChI is InChI=1S/C19H23F2N5O2/c1-10(2)5-6-26-11(3)18(28)25(4)15-9-22-19(24-17(15)26)23-12-7-13(20)16(27)14(21)8-12/h7-11,27H,5-6H2,1-4H3,(H,22,23,24)/t11-/m1/s1. The average molecular weight is 391 g/mol. The summed E-state index contributed by atoms with van der Waals surface area (Å²) in [5, 5.41) is 12.0. The van der Waals surface area contributed by atoms with Gasteiger partial charge in [-0.15, -0.1) is 0 Å². The minimum atomic E-state index is -1.09. The molecule has 28 heavy (non-hydrogen) atoms. The topological polar surface area (TPSA) is 81.6 Å². The van der Waals surface area contributed by atoms with E-state index >= 15 is 0 Å². The molecule has 2 N–H and O–H groups in total. The van der Waals surface area contributed by atoms with Crippen LogP contribution >= 0.6 is 0 Å². The summed E-state index contributed by atoms with van der Waals surface area (Å²) in [7, 11) is 1.67. The lowest BCUT2D eigenvalue weighted by Crippen LogP contribution is -2.51. The molecule has 0 radical (unpaired) electrons. The third-order valence-corrected chi connectivity index (χ3v) is 4.76. The van der Waals surface area contributed by atoms with Crippen molar-refractivity contribution >= 4 is 29.0 Å². The summed E-state index contributed by atoms with van der Waals surface area (Å²) in [6.45, 7) is 6.67. The van der Waals surface area contributed by atoms with Gasteiger partial charge in [-0.25, -0.2) is 13.8 Å². The summed E-state index contributed by atoms with van der Waals surface area (Å²) in [6.07, 6.45) is 2.38. The summed E-state index contributed by atoms with van der Waals surface area (Å²) in [5.74, 6) is -2.10. The molecule has 1 atom stereocenters. The molecular weight excluding hydrogens is 368 g/mol. The van der Waals surface area contributed by atoms with Crippen molar-refractivity contribution in [2.75, 3.05) is 28.7 Å². The Labute approximate surface area is 162 Å². The van der Waals surface area contributed by atoms with Gasteiger partial charge in [-0.1, -0.05) is 13.8 Å². The molecule has 0 saturated carbocycles. The van der Waals surface area contributed by atoms with Crippen LogP contribution in [0.2, 0.25) is 0 Å². The smallest absolute Gasteiger partial charge is 0.249 e. The van der Waals surface area contributed by atoms with Crippen molar-refractivity contribution in [1.29, 1.82) is 0 Å². The maximum Gasteiger partial charge on any atom is 0.249 e. The molecule has 1 aromatic heterocycles. The molecule has 0 spiro atoms. The molecule has 2 heterocycles. The fourth-order valence-corrected chi connectivity index (χ4v) is 3.05. The molecule has 0 aliphatic carbocycles. The van der Waals surface area contributed by atoms with Gasteiger partial charge in [-0.05, 0) is 19.3 Å². The number of fused-ring (bicyclic) bond motifs is 1. The van der Waals surface area contributed by atoms with Gasteiger partial charge >= 0.3 is 0 Å². The maximum absolute atomic E-state index is 13.6. The van der Waals surface area contributed by atoms with E-state index in [0.717, 1.165) is 18.6 Å². The van der Waals surface area contributed by atoms with Crippen LogP contribution in [0.25, 0.3) is 0 Å². The quantitative estimate of drug-likeness (QED) is 0.760. The summed E-state index contributed by atoms with van der Waals surface area (Å²) >= 11 is 0. The Bertz CT molecular complexity index is 883. The molecule has 1 amide bonds. The molecule has 150 valence electrons. The molecular formula is C19H23F2N5O2. The van der Waals surface area contributed by atoms with Crippen LogP contribution in [0.15, 0.2) is 18.3 Å². The first-order valence-corrected chi connectivity index (χ1v) is 9.05. The van der Waals surface area contributed by atoms with Gasteiger partial charge in [0.25, 0.3) is 0 Å². The first-order chi connectivity index (χ1) is 13.2. The highest BCUT2D eigenvalue weighted by Crippen LogP contribution is 2.35. The molecule has 0 fully saturated rings. The molecule has 3 rings (SSSR count). The Morgan fingerprint density at radius 3 is 2.54 bits per heavy atom. The van der Waals surface area contributed by atoms with Crippen LogP contribution in [0.1, 0.15) is 27.2 Å². The Kier molecular flexibility index (Phi) is 5.35. The number of phenols is 1. The highest BCUT2D eigenvalue weighted by Gasteiger charge is 2.35. The van der Waals surface area contributed by atoms with E-state index in [1.165, 1.54) is 11.1 Å². The summed E-state index contributed by atoms with van der Waals surface area (Å²) in [6, 6.07) is 1.52. The van der Waals surface area contributed by atoms with Crippen LogP contribution in [0.4, 0.5) is 31.9 Å². The first kappa shape index (κ1) is 19.8. The third kappa shape index (κ3) is 3.69. The fourth-order valence-electron chi connectivity index (χ4n) is 3.05. The Morgan fingerprint density at radius 1 is 1.29 bits per heavy atom. The van der Waals surface area contributed by atoms with E-state index < -0.39 is 17.4 Å². The van der Waals surface area contributed by atoms with Crippen molar-refractivity contribution in [2.45, 2.75) is 33.2 Å². The maximum atomic E-state index is 13.6. The SMILES string of the molecule is CC(C)CCN1c2nc(Nc3cc(F)c(O)c(F)c3)ncc2N(C)C(=O)[C@H]1C. The highest BCUT2D eigenvalue weighted by molar-refractivity contribution is 6.04. The van der Waals surface area contributed by atoms with E-state index in [1.807, 2.05) is 11.8 Å². The number of benzene rings is 1. The number of nitrogens with zero attached hydrogens (tertiary/aromatic N) is 4. The van der Waals surface area contributed by atoms with Gasteiger partial charge in [0, 0.05) is 31.4 Å². The van der Waals surface area contributed by atoms with Crippen molar-refractivity contribution < 1.29 is 18.7 Å². The zero-order valence-electron chi connectivity index (χ0n) is 16.2. The molecule has 0 bridgehead atoms. The lowest BCUT2D eigenvalue weighted by Gasteiger charge is -2.39. The number of aromatic hydroxyl groups is 1. The second kappa shape index (κ2) is 7.57. The van der Waals surface area contributed by atoms with E-state index in [9.17, 15) is 18.7 Å². The predicted octanol–water partition coefficient (Wildman–Crippen LogP) is 3.42. The monoisotopic (exact) mass is 391 g/mol. The Hall–Kier alpha value is -2.97. The van der Waals surface area contributed by atoms with Crippen LogP contribution in [0, 0.1) is 17.6 Å². The van der Waals surface area contributed by atoms with Crippen molar-refractivity contribution in [1.82, 2.24) is 9.97 Å². The second-order valence-corrected chi connectivity index (χ2v) is 7.27. The van der Waals surface area contributed by atoms with E-state index in [1.54, 1.807) is 7.05 Å². The van der Waals surface area contributed by atoms with Crippen molar-refractivity contribution in [3.63, 3.8) is 0 Å². The van der Waals surface area contributed by atoms with E-state index in [2.05, 4.69) is 29.1 Å². The fraction of sp³-hybridized carbons (Fsp3) is 0.421. The van der Waals surface area contributed by atoms with Crippen molar-refractivity contribution in [2.24, 2.45) is 5.92 Å². The van der Waals surface area contributed by atoms with Gasteiger partial charge in [0.2, 0.25) is 11.9 Å². The van der Waals surface area contributed by atoms with Crippen LogP contribution < -0.4 is 15.1 Å². The number of anilines is 4. The molecule has 1 aromatic carbocycles. The normalized spacial score (nSPS) is 16.5. The predicted molar refractivity (Wildman–Crippen MR) is 103 cm³/mol. The number of aromatic nitrogens is 2. The number of halogens is 2. The van der Waals surface area contributed by atoms with Gasteiger partial charge in [-0.3, -0.25) is 4.79 Å². The number of rotatable bonds is 5. The number of amides is 1. The van der Waals surface area contributed by atoms with Crippen LogP contribution in [-0.2, 0) is 4.79 Å². The average Bonchev–Trinajstić information content (AvgIpc) is 2.64. The number of likely N-dealkylation sites (N-methyl/N-ethyl adjacent to an activating group) is 1. The number of hydrogen-bond acceptors (Lipinski definition) is 6. The largest absolute Gasteiger partial charge is 0.503 e. The van der Waals surface area contributed by atoms with E-state index in [4.69, 9.17) is 0 Å². The second-order valence-electron chi connectivity index (χ2n) is 7.27. The third-order valence-electron chi connectivity index (χ3n) is 4.76. The number of carbonyl (C=O) groups is 1. The summed E-state index contributed by atoms with van der Waals surface area (Å²) < 4.78 is 27.2. The number of phenolic OH excluding ortho intramolecular Hbond substituents is 1. The molecule has 7 nitrogen and oxygen atoms in total. The van der Waals surface area contributed by atoms with Crippen molar-refractivity contribution in [3.05, 3.63) is 30.0 Å². The van der Waals surface area contributed by atoms with Gasteiger partial charge in [0.05, 0.1) is 6.20 Å². The highest BCUT2D eigenvalue weighted by atomic mass is 19.1. The lowest BCUT2D eigenvalue weighted by atomic mass is 10.1. The number of carbonyl (C=O) groups excluding carboxylic acids is 1. The summed E-state index contributed by atoms with van der Waals surface area (Å²) in [5.41, 5.74) is 0.634. The molecule has 2 aromatic rings. The summed E-state index contributed by atoms with van der Waals surface area (Å²) in [4.78, 5) is 24.6. The van der Waals surface area contributed by atoms with Crippen LogP contribution in [0.3, 0.4) is 0 Å². The van der Waals surface area contributed by atoms with Crippen molar-refractivity contribution in [3.8, 4) is 5.75 Å². The van der Waals surface area contributed by atoms with E-state index in [0.29, 0.717) is 24.0 Å². The Balaban J connectivity index is 1.96. The minimum Gasteiger partial charge on any atom is -0.503 e. The molecule has 1 aliphatic rings. The number of nitrogens with one attached hydrogen (secondary N) is 1. The van der Waals surface area contributed by atoms with Gasteiger partial charge in [0.15, 0.2) is 23.2 Å². The number of hydrogen-bond donors (Lipinski definition) is 2. The molecule has 0 saturated heterocycles. The lowest BCUT2D eigenvalue weighted by molar-refractivity contribution is -0.119. The van der Waals surface area contributed by atoms with Gasteiger partial charge < -0.3 is 20.2 Å². The minimum absolute atomic E-state index is 0.0526. The van der Waals surface area contributed by atoms with Gasteiger partial charge in [0.1, 0.15) is 11.7 Å². The zero-order valence-corrected chi connectivity index (χ0v) is 16.2. The first-order valence-electron chi connectivity index (χ1n) is 9.05. The Morgan fingerprint density at radius 2 is 1.93 bits per heavy atom.